The van der Waals surface area contributed by atoms with Crippen molar-refractivity contribution in [3.63, 3.8) is 0 Å². The predicted octanol–water partition coefficient (Wildman–Crippen LogP) is 4.11. The quantitative estimate of drug-likeness (QED) is 0.624. The maximum Gasteiger partial charge on any atom is 0.0913 e. The second-order valence-electron chi connectivity index (χ2n) is 10.9. The minimum atomic E-state index is 0.748. The Balaban J connectivity index is 1.41. The molecule has 3 nitrogen and oxygen atoms in total. The summed E-state index contributed by atoms with van der Waals surface area (Å²) in [7, 11) is 5.04. The van der Waals surface area contributed by atoms with Crippen molar-refractivity contribution in [1.82, 2.24) is 4.90 Å². The Bertz CT molecular complexity index is 615. The molecule has 1 aromatic carbocycles. The van der Waals surface area contributed by atoms with E-state index < -0.39 is 0 Å². The number of nitrogens with zero attached hydrogens (tertiary/aromatic N) is 3. The molecular weight excluding hydrogens is 354 g/mol. The van der Waals surface area contributed by atoms with Crippen LogP contribution in [0.1, 0.15) is 56.1 Å². The zero-order valence-electron chi connectivity index (χ0n) is 19.2. The van der Waals surface area contributed by atoms with Gasteiger partial charge in [-0.25, -0.2) is 0 Å². The smallest absolute Gasteiger partial charge is 0.0913 e. The Labute approximate surface area is 179 Å². The number of rotatable bonds is 7. The molecule has 3 aliphatic rings. The molecule has 1 unspecified atom stereocenters. The summed E-state index contributed by atoms with van der Waals surface area (Å²) in [6, 6.07) is 9.95. The summed E-state index contributed by atoms with van der Waals surface area (Å²) in [5.74, 6) is 0. The summed E-state index contributed by atoms with van der Waals surface area (Å²) in [5, 5.41) is 0. The number of likely N-dealkylation sites (N-methyl/N-ethyl adjacent to an activating group) is 2. The summed E-state index contributed by atoms with van der Waals surface area (Å²) in [6.45, 7) is 10.9. The number of quaternary nitrogens is 2. The highest BCUT2D eigenvalue weighted by molar-refractivity contribution is 5.30. The standard InChI is InChI=1S/C26H45N3/c1-28(17-7-3-8-18-28)21-15-27(16-22-29(2)19-9-4-10-20-29)26-14-13-24-11-5-6-12-25(24)23-26/h5-6,11-12,26H,3-4,7-10,13-23H2,1-2H3/q+2. The number of likely N-dealkylation sites (tertiary alicyclic amines) is 2. The van der Waals surface area contributed by atoms with Crippen LogP contribution in [-0.2, 0) is 12.8 Å². The van der Waals surface area contributed by atoms with Gasteiger partial charge in [-0.05, 0) is 68.9 Å². The van der Waals surface area contributed by atoms with Gasteiger partial charge in [0, 0.05) is 19.1 Å². The summed E-state index contributed by atoms with van der Waals surface area (Å²) in [6.07, 6.45) is 12.5. The van der Waals surface area contributed by atoms with Gasteiger partial charge in [-0.1, -0.05) is 24.3 Å². The van der Waals surface area contributed by atoms with Crippen molar-refractivity contribution in [3.05, 3.63) is 35.4 Å². The third kappa shape index (κ3) is 5.62. The van der Waals surface area contributed by atoms with Gasteiger partial charge in [0.2, 0.25) is 0 Å². The van der Waals surface area contributed by atoms with E-state index in [1.54, 1.807) is 11.1 Å². The monoisotopic (exact) mass is 399 g/mol. The Morgan fingerprint density at radius 2 is 1.28 bits per heavy atom. The van der Waals surface area contributed by atoms with Gasteiger partial charge in [0.05, 0.1) is 53.4 Å². The number of benzene rings is 1. The van der Waals surface area contributed by atoms with Crippen molar-refractivity contribution >= 4 is 0 Å². The van der Waals surface area contributed by atoms with Gasteiger partial charge in [-0.2, -0.15) is 0 Å². The second-order valence-corrected chi connectivity index (χ2v) is 10.9. The normalized spacial score (nSPS) is 26.2. The molecule has 1 aromatic rings. The SMILES string of the molecule is C[N+]1(CCN(CC[N+]2(C)CCCCC2)C2CCc3ccccc3C2)CCCCC1. The third-order valence-corrected chi connectivity index (χ3v) is 8.48. The largest absolute Gasteiger partial charge is 0.325 e. The zero-order chi connectivity index (χ0) is 20.2. The lowest BCUT2D eigenvalue weighted by atomic mass is 9.87. The molecule has 2 saturated heterocycles. The van der Waals surface area contributed by atoms with Gasteiger partial charge in [0.1, 0.15) is 0 Å². The van der Waals surface area contributed by atoms with Crippen LogP contribution in [0.5, 0.6) is 0 Å². The van der Waals surface area contributed by atoms with Gasteiger partial charge < -0.3 is 8.97 Å². The molecule has 2 fully saturated rings. The van der Waals surface area contributed by atoms with Crippen LogP contribution in [0.25, 0.3) is 0 Å². The summed E-state index contributed by atoms with van der Waals surface area (Å²) < 4.78 is 2.62. The average Bonchev–Trinajstić information content (AvgIpc) is 2.74. The molecule has 0 N–H and O–H groups in total. The van der Waals surface area contributed by atoms with E-state index in [0.717, 1.165) is 6.04 Å². The first kappa shape index (κ1) is 21.3. The highest BCUT2D eigenvalue weighted by atomic mass is 15.4. The summed E-state index contributed by atoms with van der Waals surface area (Å²) in [4.78, 5) is 2.92. The maximum atomic E-state index is 2.92. The molecule has 3 heteroatoms. The molecule has 2 heterocycles. The first-order valence-corrected chi connectivity index (χ1v) is 12.5. The van der Waals surface area contributed by atoms with Crippen LogP contribution in [0, 0.1) is 0 Å². The molecule has 4 rings (SSSR count). The number of hydrogen-bond donors (Lipinski definition) is 0. The van der Waals surface area contributed by atoms with Crippen LogP contribution >= 0.6 is 0 Å². The van der Waals surface area contributed by atoms with E-state index in [9.17, 15) is 0 Å². The van der Waals surface area contributed by atoms with Gasteiger partial charge in [-0.15, -0.1) is 0 Å². The lowest BCUT2D eigenvalue weighted by Crippen LogP contribution is -2.56. The number of hydrogen-bond acceptors (Lipinski definition) is 1. The summed E-state index contributed by atoms with van der Waals surface area (Å²) in [5.41, 5.74) is 3.22. The Hall–Kier alpha value is -0.900. The fraction of sp³-hybridized carbons (Fsp3) is 0.769. The number of aryl methyl sites for hydroxylation is 1. The molecule has 0 bridgehead atoms. The first-order valence-electron chi connectivity index (χ1n) is 12.5. The molecule has 0 aromatic heterocycles. The van der Waals surface area contributed by atoms with Crippen molar-refractivity contribution in [2.75, 3.05) is 66.5 Å². The van der Waals surface area contributed by atoms with Crippen LogP contribution < -0.4 is 0 Å². The topological polar surface area (TPSA) is 3.24 Å². The number of fused-ring (bicyclic) bond motifs is 1. The van der Waals surface area contributed by atoms with E-state index in [0.29, 0.717) is 0 Å². The molecule has 0 radical (unpaired) electrons. The van der Waals surface area contributed by atoms with Crippen molar-refractivity contribution in [2.45, 2.75) is 63.8 Å². The minimum Gasteiger partial charge on any atom is -0.325 e. The lowest BCUT2D eigenvalue weighted by Gasteiger charge is -2.43. The molecule has 1 aliphatic carbocycles. The van der Waals surface area contributed by atoms with Crippen LogP contribution in [0.2, 0.25) is 0 Å². The Morgan fingerprint density at radius 3 is 1.83 bits per heavy atom. The molecule has 0 spiro atoms. The van der Waals surface area contributed by atoms with Crippen molar-refractivity contribution in [3.8, 4) is 0 Å². The van der Waals surface area contributed by atoms with Crippen LogP contribution in [-0.4, -0.2) is 86.4 Å². The molecular formula is C26H45N3+2. The van der Waals surface area contributed by atoms with E-state index in [1.165, 1.54) is 119 Å². The van der Waals surface area contributed by atoms with Crippen molar-refractivity contribution in [2.24, 2.45) is 0 Å². The van der Waals surface area contributed by atoms with E-state index in [2.05, 4.69) is 43.3 Å². The second kappa shape index (κ2) is 9.49. The minimum absolute atomic E-state index is 0.748. The molecule has 29 heavy (non-hydrogen) atoms. The highest BCUT2D eigenvalue weighted by Crippen LogP contribution is 2.26. The molecule has 162 valence electrons. The Morgan fingerprint density at radius 1 is 0.759 bits per heavy atom. The van der Waals surface area contributed by atoms with E-state index in [1.807, 2.05) is 0 Å². The van der Waals surface area contributed by atoms with Crippen LogP contribution in [0.3, 0.4) is 0 Å². The molecule has 2 aliphatic heterocycles. The highest BCUT2D eigenvalue weighted by Gasteiger charge is 2.31. The third-order valence-electron chi connectivity index (χ3n) is 8.48. The fourth-order valence-electron chi connectivity index (χ4n) is 6.21. The Kier molecular flexibility index (Phi) is 6.98. The lowest BCUT2D eigenvalue weighted by molar-refractivity contribution is -0.916. The van der Waals surface area contributed by atoms with E-state index in [-0.39, 0.29) is 0 Å². The predicted molar refractivity (Wildman–Crippen MR) is 123 cm³/mol. The average molecular weight is 400 g/mol. The van der Waals surface area contributed by atoms with Gasteiger partial charge in [-0.3, -0.25) is 4.90 Å². The summed E-state index contributed by atoms with van der Waals surface area (Å²) >= 11 is 0. The maximum absolute atomic E-state index is 2.92. The van der Waals surface area contributed by atoms with E-state index >= 15 is 0 Å². The van der Waals surface area contributed by atoms with E-state index in [4.69, 9.17) is 0 Å². The fourth-order valence-corrected chi connectivity index (χ4v) is 6.21. The van der Waals surface area contributed by atoms with Crippen molar-refractivity contribution < 1.29 is 8.97 Å². The van der Waals surface area contributed by atoms with Crippen LogP contribution in [0.4, 0.5) is 0 Å². The van der Waals surface area contributed by atoms with Gasteiger partial charge in [0.15, 0.2) is 0 Å². The first-order chi connectivity index (χ1) is 14.1. The van der Waals surface area contributed by atoms with Crippen LogP contribution in [0.15, 0.2) is 24.3 Å². The van der Waals surface area contributed by atoms with Crippen molar-refractivity contribution in [1.29, 1.82) is 0 Å². The van der Waals surface area contributed by atoms with Gasteiger partial charge in [0.25, 0.3) is 0 Å². The molecule has 1 atom stereocenters. The number of piperidine rings is 2. The molecule has 0 saturated carbocycles. The molecule has 0 amide bonds. The zero-order valence-corrected chi connectivity index (χ0v) is 19.2. The van der Waals surface area contributed by atoms with Gasteiger partial charge >= 0.3 is 0 Å².